The quantitative estimate of drug-likeness (QED) is 0.884. The monoisotopic (exact) mass is 281 g/mol. The van der Waals surface area contributed by atoms with Gasteiger partial charge in [-0.3, -0.25) is 4.79 Å². The number of rotatable bonds is 4. The minimum absolute atomic E-state index is 0.101. The van der Waals surface area contributed by atoms with Gasteiger partial charge in [-0.05, 0) is 31.2 Å². The van der Waals surface area contributed by atoms with Gasteiger partial charge in [0.25, 0.3) is 0 Å². The third-order valence-corrected chi connectivity index (χ3v) is 3.68. The Kier molecular flexibility index (Phi) is 4.66. The Labute approximate surface area is 119 Å². The van der Waals surface area contributed by atoms with E-state index in [2.05, 4.69) is 15.5 Å². The smallest absolute Gasteiger partial charge is 0.242 e. The molecule has 104 valence electrons. The first-order valence-corrected chi connectivity index (χ1v) is 7.02. The average molecular weight is 282 g/mol. The molecule has 2 rings (SSSR count). The summed E-state index contributed by atoms with van der Waals surface area (Å²) in [5.41, 5.74) is 2.23. The number of carbonyl (C=O) groups is 1. The predicted molar refractivity (Wildman–Crippen MR) is 78.7 cm³/mol. The van der Waals surface area contributed by atoms with E-state index in [0.717, 1.165) is 25.2 Å². The lowest BCUT2D eigenvalue weighted by atomic mass is 10.1. The molecule has 1 aromatic carbocycles. The van der Waals surface area contributed by atoms with Gasteiger partial charge in [-0.2, -0.15) is 0 Å². The van der Waals surface area contributed by atoms with Crippen LogP contribution in [0.25, 0.3) is 0 Å². The summed E-state index contributed by atoms with van der Waals surface area (Å²) in [6.07, 6.45) is 0.789. The van der Waals surface area contributed by atoms with Crippen molar-refractivity contribution in [1.29, 1.82) is 0 Å². The Morgan fingerprint density at radius 1 is 1.53 bits per heavy atom. The van der Waals surface area contributed by atoms with Crippen molar-refractivity contribution in [3.63, 3.8) is 0 Å². The Hall–Kier alpha value is -1.26. The second-order valence-corrected chi connectivity index (χ2v) is 5.15. The van der Waals surface area contributed by atoms with Crippen LogP contribution in [0.2, 0.25) is 5.02 Å². The number of nitrogens with zero attached hydrogens (tertiary/aromatic N) is 1. The minimum atomic E-state index is -0.108. The van der Waals surface area contributed by atoms with Crippen molar-refractivity contribution in [2.75, 3.05) is 25.0 Å². The lowest BCUT2D eigenvalue weighted by Gasteiger charge is -2.37. The number of hydrogen-bond donors (Lipinski definition) is 2. The third kappa shape index (κ3) is 3.01. The van der Waals surface area contributed by atoms with Gasteiger partial charge < -0.3 is 15.5 Å². The van der Waals surface area contributed by atoms with Crippen LogP contribution in [-0.2, 0) is 11.3 Å². The fraction of sp³-hybridized carbons (Fsp3) is 0.500. The van der Waals surface area contributed by atoms with E-state index in [9.17, 15) is 4.79 Å². The summed E-state index contributed by atoms with van der Waals surface area (Å²) < 4.78 is 0. The van der Waals surface area contributed by atoms with Crippen LogP contribution in [0.5, 0.6) is 0 Å². The van der Waals surface area contributed by atoms with Crippen molar-refractivity contribution in [2.24, 2.45) is 0 Å². The van der Waals surface area contributed by atoms with Crippen LogP contribution in [0.3, 0.4) is 0 Å². The highest BCUT2D eigenvalue weighted by Gasteiger charge is 2.29. The number of carbonyl (C=O) groups excluding carboxylic acids is 1. The van der Waals surface area contributed by atoms with Crippen molar-refractivity contribution in [2.45, 2.75) is 25.9 Å². The lowest BCUT2D eigenvalue weighted by molar-refractivity contribution is -0.123. The zero-order valence-corrected chi connectivity index (χ0v) is 12.1. The molecular weight excluding hydrogens is 262 g/mol. The molecule has 2 N–H and O–H groups in total. The fourth-order valence-corrected chi connectivity index (χ4v) is 2.72. The van der Waals surface area contributed by atoms with Gasteiger partial charge >= 0.3 is 0 Å². The van der Waals surface area contributed by atoms with Crippen LogP contribution in [-0.4, -0.2) is 32.1 Å². The topological polar surface area (TPSA) is 44.4 Å². The zero-order valence-electron chi connectivity index (χ0n) is 11.4. The molecule has 0 radical (unpaired) electrons. The van der Waals surface area contributed by atoms with Gasteiger partial charge in [-0.1, -0.05) is 24.6 Å². The van der Waals surface area contributed by atoms with E-state index in [1.54, 1.807) is 0 Å². The molecule has 1 unspecified atom stereocenters. The lowest BCUT2D eigenvalue weighted by Crippen LogP contribution is -2.55. The molecule has 1 heterocycles. The maximum atomic E-state index is 12.0. The van der Waals surface area contributed by atoms with Gasteiger partial charge in [0.15, 0.2) is 0 Å². The standard InChI is InChI=1S/C14H20ClN3O/c1-3-12-14(19)17-6-7-18(12)13-8-11(15)5-4-10(13)9-16-2/h4-5,8,12,16H,3,6-7,9H2,1-2H3,(H,17,19). The number of halogens is 1. The first-order chi connectivity index (χ1) is 9.17. The summed E-state index contributed by atoms with van der Waals surface area (Å²) in [6.45, 7) is 4.30. The molecule has 0 aromatic heterocycles. The van der Waals surface area contributed by atoms with Gasteiger partial charge in [0.1, 0.15) is 6.04 Å². The van der Waals surface area contributed by atoms with Gasteiger partial charge in [0, 0.05) is 30.3 Å². The Balaban J connectivity index is 2.37. The van der Waals surface area contributed by atoms with E-state index >= 15 is 0 Å². The number of nitrogens with one attached hydrogen (secondary N) is 2. The largest absolute Gasteiger partial charge is 0.357 e. The number of piperazine rings is 1. The molecule has 1 amide bonds. The van der Waals surface area contributed by atoms with Crippen molar-refractivity contribution >= 4 is 23.2 Å². The van der Waals surface area contributed by atoms with E-state index in [0.29, 0.717) is 11.6 Å². The molecule has 0 aliphatic carbocycles. The van der Waals surface area contributed by atoms with E-state index in [1.165, 1.54) is 5.56 Å². The van der Waals surface area contributed by atoms with E-state index < -0.39 is 0 Å². The SMILES string of the molecule is CCC1C(=O)NCCN1c1cc(Cl)ccc1CNC. The van der Waals surface area contributed by atoms with E-state index in [4.69, 9.17) is 11.6 Å². The van der Waals surface area contributed by atoms with Crippen molar-refractivity contribution in [1.82, 2.24) is 10.6 Å². The van der Waals surface area contributed by atoms with Crippen molar-refractivity contribution < 1.29 is 4.79 Å². The van der Waals surface area contributed by atoms with Gasteiger partial charge in [-0.25, -0.2) is 0 Å². The predicted octanol–water partition coefficient (Wildman–Crippen LogP) is 1.77. The molecule has 0 bridgehead atoms. The van der Waals surface area contributed by atoms with Crippen LogP contribution < -0.4 is 15.5 Å². The van der Waals surface area contributed by atoms with E-state index in [1.807, 2.05) is 32.2 Å². The van der Waals surface area contributed by atoms with Gasteiger partial charge in [0.05, 0.1) is 0 Å². The van der Waals surface area contributed by atoms with Crippen LogP contribution in [0.1, 0.15) is 18.9 Å². The highest BCUT2D eigenvalue weighted by Crippen LogP contribution is 2.28. The van der Waals surface area contributed by atoms with Crippen molar-refractivity contribution in [3.05, 3.63) is 28.8 Å². The Bertz CT molecular complexity index is 464. The van der Waals surface area contributed by atoms with Gasteiger partial charge in [0.2, 0.25) is 5.91 Å². The Morgan fingerprint density at radius 2 is 2.32 bits per heavy atom. The molecular formula is C14H20ClN3O. The minimum Gasteiger partial charge on any atom is -0.357 e. The highest BCUT2D eigenvalue weighted by molar-refractivity contribution is 6.30. The fourth-order valence-electron chi connectivity index (χ4n) is 2.55. The van der Waals surface area contributed by atoms with E-state index in [-0.39, 0.29) is 11.9 Å². The average Bonchev–Trinajstić information content (AvgIpc) is 2.41. The molecule has 5 heteroatoms. The molecule has 19 heavy (non-hydrogen) atoms. The normalized spacial score (nSPS) is 19.4. The summed E-state index contributed by atoms with van der Waals surface area (Å²) in [5, 5.41) is 6.78. The molecule has 1 aromatic rings. The molecule has 1 saturated heterocycles. The molecule has 1 atom stereocenters. The first kappa shape index (κ1) is 14.2. The molecule has 1 fully saturated rings. The molecule has 1 aliphatic heterocycles. The highest BCUT2D eigenvalue weighted by atomic mass is 35.5. The van der Waals surface area contributed by atoms with Gasteiger partial charge in [-0.15, -0.1) is 0 Å². The zero-order chi connectivity index (χ0) is 13.8. The summed E-state index contributed by atoms with van der Waals surface area (Å²) in [7, 11) is 1.92. The summed E-state index contributed by atoms with van der Waals surface area (Å²) in [4.78, 5) is 14.1. The third-order valence-electron chi connectivity index (χ3n) is 3.44. The number of amides is 1. The van der Waals surface area contributed by atoms with Crippen LogP contribution in [0.15, 0.2) is 18.2 Å². The molecule has 1 aliphatic rings. The van der Waals surface area contributed by atoms with Crippen LogP contribution in [0, 0.1) is 0 Å². The second kappa shape index (κ2) is 6.26. The van der Waals surface area contributed by atoms with Crippen LogP contribution in [0.4, 0.5) is 5.69 Å². The summed E-state index contributed by atoms with van der Waals surface area (Å²) in [5.74, 6) is 0.101. The second-order valence-electron chi connectivity index (χ2n) is 4.71. The number of benzene rings is 1. The molecule has 0 saturated carbocycles. The maximum Gasteiger partial charge on any atom is 0.242 e. The first-order valence-electron chi connectivity index (χ1n) is 6.64. The number of anilines is 1. The number of hydrogen-bond acceptors (Lipinski definition) is 3. The molecule has 4 nitrogen and oxygen atoms in total. The van der Waals surface area contributed by atoms with Crippen molar-refractivity contribution in [3.8, 4) is 0 Å². The molecule has 0 spiro atoms. The Morgan fingerprint density at radius 3 is 3.00 bits per heavy atom. The summed E-state index contributed by atoms with van der Waals surface area (Å²) >= 11 is 6.12. The van der Waals surface area contributed by atoms with Crippen LogP contribution >= 0.6 is 11.6 Å². The summed E-state index contributed by atoms with van der Waals surface area (Å²) in [6, 6.07) is 5.76. The maximum absolute atomic E-state index is 12.0.